The van der Waals surface area contributed by atoms with Gasteiger partial charge in [0.25, 0.3) is 5.69 Å². The normalized spacial score (nSPS) is 13.4. The van der Waals surface area contributed by atoms with Crippen LogP contribution in [0.2, 0.25) is 0 Å². The molecular formula is C17H18N2O6S. The van der Waals surface area contributed by atoms with Gasteiger partial charge in [-0.3, -0.25) is 10.1 Å². The third-order valence-electron chi connectivity index (χ3n) is 4.05. The standard InChI is InChI=1S/C17H18N2O6S/c1-12-14(19(20)21)3-2-4-17(12)26(22,23)18-8-7-13-5-6-15-16(11-13)25-10-9-24-15/h2-6,11,18H,7-10H2,1H3. The molecule has 0 aromatic heterocycles. The van der Waals surface area contributed by atoms with Crippen LogP contribution in [0.4, 0.5) is 5.69 Å². The Morgan fingerprint density at radius 1 is 1.15 bits per heavy atom. The lowest BCUT2D eigenvalue weighted by atomic mass is 10.1. The maximum absolute atomic E-state index is 12.5. The van der Waals surface area contributed by atoms with E-state index >= 15 is 0 Å². The third-order valence-corrected chi connectivity index (χ3v) is 5.66. The number of fused-ring (bicyclic) bond motifs is 1. The van der Waals surface area contributed by atoms with Gasteiger partial charge in [0.2, 0.25) is 10.0 Å². The minimum absolute atomic E-state index is 0.0890. The SMILES string of the molecule is Cc1c([N+](=O)[O-])cccc1S(=O)(=O)NCCc1ccc2c(c1)OCCO2. The lowest BCUT2D eigenvalue weighted by Gasteiger charge is -2.19. The fourth-order valence-corrected chi connectivity index (χ4v) is 4.03. The molecule has 0 fully saturated rings. The van der Waals surface area contributed by atoms with Crippen molar-refractivity contribution in [2.45, 2.75) is 18.2 Å². The van der Waals surface area contributed by atoms with Gasteiger partial charge in [0.1, 0.15) is 13.2 Å². The van der Waals surface area contributed by atoms with Gasteiger partial charge in [-0.1, -0.05) is 12.1 Å². The molecule has 2 aromatic rings. The molecule has 0 radical (unpaired) electrons. The molecule has 1 aliphatic rings. The van der Waals surface area contributed by atoms with E-state index < -0.39 is 14.9 Å². The van der Waals surface area contributed by atoms with Gasteiger partial charge in [0.15, 0.2) is 11.5 Å². The average Bonchev–Trinajstić information content (AvgIpc) is 2.61. The van der Waals surface area contributed by atoms with E-state index in [1.807, 2.05) is 12.1 Å². The summed E-state index contributed by atoms with van der Waals surface area (Å²) in [7, 11) is -3.84. The highest BCUT2D eigenvalue weighted by Crippen LogP contribution is 2.31. The summed E-state index contributed by atoms with van der Waals surface area (Å²) in [5.41, 5.74) is 0.789. The molecule has 3 rings (SSSR count). The average molecular weight is 378 g/mol. The molecule has 26 heavy (non-hydrogen) atoms. The van der Waals surface area contributed by atoms with Crippen LogP contribution >= 0.6 is 0 Å². The summed E-state index contributed by atoms with van der Waals surface area (Å²) in [6.07, 6.45) is 0.448. The van der Waals surface area contributed by atoms with Crippen molar-refractivity contribution in [3.63, 3.8) is 0 Å². The Hall–Kier alpha value is -2.65. The van der Waals surface area contributed by atoms with Gasteiger partial charge in [0, 0.05) is 18.2 Å². The molecule has 0 amide bonds. The summed E-state index contributed by atoms with van der Waals surface area (Å²) in [5, 5.41) is 11.0. The molecule has 0 saturated carbocycles. The van der Waals surface area contributed by atoms with E-state index in [0.717, 1.165) is 5.56 Å². The van der Waals surface area contributed by atoms with Gasteiger partial charge in [-0.25, -0.2) is 13.1 Å². The predicted molar refractivity (Wildman–Crippen MR) is 94.2 cm³/mol. The van der Waals surface area contributed by atoms with Gasteiger partial charge < -0.3 is 9.47 Å². The van der Waals surface area contributed by atoms with Gasteiger partial charge in [-0.2, -0.15) is 0 Å². The molecule has 0 bridgehead atoms. The minimum Gasteiger partial charge on any atom is -0.486 e. The first-order chi connectivity index (χ1) is 12.4. The van der Waals surface area contributed by atoms with Crippen molar-refractivity contribution in [2.75, 3.05) is 19.8 Å². The van der Waals surface area contributed by atoms with Crippen molar-refractivity contribution < 1.29 is 22.8 Å². The monoisotopic (exact) mass is 378 g/mol. The lowest BCUT2D eigenvalue weighted by molar-refractivity contribution is -0.385. The van der Waals surface area contributed by atoms with Crippen molar-refractivity contribution in [1.82, 2.24) is 4.72 Å². The van der Waals surface area contributed by atoms with Crippen LogP contribution in [-0.2, 0) is 16.4 Å². The Morgan fingerprint density at radius 3 is 2.62 bits per heavy atom. The zero-order chi connectivity index (χ0) is 18.7. The number of sulfonamides is 1. The first-order valence-electron chi connectivity index (χ1n) is 8.01. The first kappa shape index (κ1) is 18.2. The second kappa shape index (κ2) is 7.30. The maximum atomic E-state index is 12.5. The predicted octanol–water partition coefficient (Wildman–Crippen LogP) is 2.20. The van der Waals surface area contributed by atoms with E-state index in [1.54, 1.807) is 6.07 Å². The van der Waals surface area contributed by atoms with Crippen LogP contribution in [0, 0.1) is 17.0 Å². The molecule has 0 unspecified atom stereocenters. The van der Waals surface area contributed by atoms with Crippen LogP contribution in [0.1, 0.15) is 11.1 Å². The Morgan fingerprint density at radius 2 is 1.88 bits per heavy atom. The van der Waals surface area contributed by atoms with Crippen LogP contribution in [0.5, 0.6) is 11.5 Å². The molecule has 0 spiro atoms. The van der Waals surface area contributed by atoms with Crippen molar-refractivity contribution in [3.8, 4) is 11.5 Å². The quantitative estimate of drug-likeness (QED) is 0.610. The number of hydrogen-bond donors (Lipinski definition) is 1. The van der Waals surface area contributed by atoms with Crippen molar-refractivity contribution >= 4 is 15.7 Å². The second-order valence-electron chi connectivity index (χ2n) is 5.78. The topological polar surface area (TPSA) is 108 Å². The molecule has 0 aliphatic carbocycles. The number of hydrogen-bond acceptors (Lipinski definition) is 6. The maximum Gasteiger partial charge on any atom is 0.273 e. The highest BCUT2D eigenvalue weighted by atomic mass is 32.2. The smallest absolute Gasteiger partial charge is 0.273 e. The molecule has 138 valence electrons. The summed E-state index contributed by atoms with van der Waals surface area (Å²) < 4.78 is 38.4. The fraction of sp³-hybridized carbons (Fsp3) is 0.294. The number of ether oxygens (including phenoxy) is 2. The summed E-state index contributed by atoms with van der Waals surface area (Å²) in [5.74, 6) is 1.32. The van der Waals surface area contributed by atoms with E-state index in [1.165, 1.54) is 25.1 Å². The number of rotatable bonds is 6. The van der Waals surface area contributed by atoms with Crippen molar-refractivity contribution in [1.29, 1.82) is 0 Å². The number of nitro groups is 1. The Labute approximate surface area is 150 Å². The van der Waals surface area contributed by atoms with Gasteiger partial charge >= 0.3 is 0 Å². The Kier molecular flexibility index (Phi) is 5.10. The number of nitrogens with zero attached hydrogens (tertiary/aromatic N) is 1. The third kappa shape index (κ3) is 3.78. The van der Waals surface area contributed by atoms with Crippen LogP contribution in [0.3, 0.4) is 0 Å². The Balaban J connectivity index is 1.69. The molecular weight excluding hydrogens is 360 g/mol. The first-order valence-corrected chi connectivity index (χ1v) is 9.49. The van der Waals surface area contributed by atoms with E-state index in [4.69, 9.17) is 9.47 Å². The van der Waals surface area contributed by atoms with E-state index in [-0.39, 0.29) is 22.7 Å². The number of nitrogens with one attached hydrogen (secondary N) is 1. The second-order valence-corrected chi connectivity index (χ2v) is 7.52. The number of benzene rings is 2. The van der Waals surface area contributed by atoms with Gasteiger partial charge in [-0.05, 0) is 37.1 Å². The molecule has 0 saturated heterocycles. The zero-order valence-corrected chi connectivity index (χ0v) is 14.9. The van der Waals surface area contributed by atoms with Crippen LogP contribution in [-0.4, -0.2) is 33.1 Å². The number of nitro benzene ring substituents is 1. The van der Waals surface area contributed by atoms with E-state index in [9.17, 15) is 18.5 Å². The van der Waals surface area contributed by atoms with Crippen molar-refractivity contribution in [2.24, 2.45) is 0 Å². The zero-order valence-electron chi connectivity index (χ0n) is 14.1. The summed E-state index contributed by atoms with van der Waals surface area (Å²) in [6, 6.07) is 9.46. The molecule has 1 heterocycles. The highest BCUT2D eigenvalue weighted by Gasteiger charge is 2.22. The lowest BCUT2D eigenvalue weighted by Crippen LogP contribution is -2.26. The summed E-state index contributed by atoms with van der Waals surface area (Å²) in [4.78, 5) is 10.3. The van der Waals surface area contributed by atoms with Crippen LogP contribution in [0.25, 0.3) is 0 Å². The van der Waals surface area contributed by atoms with Gasteiger partial charge in [0.05, 0.1) is 9.82 Å². The molecule has 2 aromatic carbocycles. The van der Waals surface area contributed by atoms with E-state index in [0.29, 0.717) is 31.1 Å². The highest BCUT2D eigenvalue weighted by molar-refractivity contribution is 7.89. The molecule has 1 N–H and O–H groups in total. The minimum atomic E-state index is -3.84. The summed E-state index contributed by atoms with van der Waals surface area (Å²) >= 11 is 0. The largest absolute Gasteiger partial charge is 0.486 e. The molecule has 1 aliphatic heterocycles. The Bertz CT molecular complexity index is 942. The fourth-order valence-electron chi connectivity index (χ4n) is 2.74. The molecule has 9 heteroatoms. The van der Waals surface area contributed by atoms with E-state index in [2.05, 4.69) is 4.72 Å². The molecule has 8 nitrogen and oxygen atoms in total. The van der Waals surface area contributed by atoms with Crippen LogP contribution in [0.15, 0.2) is 41.3 Å². The summed E-state index contributed by atoms with van der Waals surface area (Å²) in [6.45, 7) is 2.57. The van der Waals surface area contributed by atoms with Crippen LogP contribution < -0.4 is 14.2 Å². The van der Waals surface area contributed by atoms with Gasteiger partial charge in [-0.15, -0.1) is 0 Å². The molecule has 0 atom stereocenters. The van der Waals surface area contributed by atoms with Crippen molar-refractivity contribution in [3.05, 3.63) is 57.6 Å².